The van der Waals surface area contributed by atoms with Gasteiger partial charge in [-0.2, -0.15) is 5.10 Å². The first kappa shape index (κ1) is 22.7. The average Bonchev–Trinajstić information content (AvgIpc) is 2.79. The zero-order chi connectivity index (χ0) is 22.9. The number of nitro groups is 1. The number of hydrogen-bond donors (Lipinski definition) is 2. The molecule has 0 aliphatic rings. The van der Waals surface area contributed by atoms with Gasteiger partial charge >= 0.3 is 5.69 Å². The average molecular weight is 451 g/mol. The quantitative estimate of drug-likeness (QED) is 0.220. The molecule has 3 aromatic carbocycles. The van der Waals surface area contributed by atoms with Crippen molar-refractivity contribution in [2.75, 3.05) is 12.4 Å². The Hall–Kier alpha value is -3.98. The summed E-state index contributed by atoms with van der Waals surface area (Å²) in [5, 5.41) is 19.0. The second kappa shape index (κ2) is 10.9. The van der Waals surface area contributed by atoms with Crippen LogP contribution >= 0.6 is 12.2 Å². The first-order valence-corrected chi connectivity index (χ1v) is 10.1. The summed E-state index contributed by atoms with van der Waals surface area (Å²) in [7, 11) is 1.43. The van der Waals surface area contributed by atoms with Gasteiger partial charge in [0.2, 0.25) is 5.75 Å². The Morgan fingerprint density at radius 1 is 1.16 bits per heavy atom. The minimum absolute atomic E-state index is 0.0622. The maximum Gasteiger partial charge on any atom is 0.315 e. The van der Waals surface area contributed by atoms with E-state index in [9.17, 15) is 10.1 Å². The smallest absolute Gasteiger partial charge is 0.315 e. The Labute approximate surface area is 191 Å². The number of rotatable bonds is 8. The van der Waals surface area contributed by atoms with Crippen molar-refractivity contribution in [2.45, 2.75) is 13.5 Å². The van der Waals surface area contributed by atoms with Gasteiger partial charge in [0.25, 0.3) is 0 Å². The molecule has 0 bridgehead atoms. The van der Waals surface area contributed by atoms with Crippen LogP contribution in [-0.2, 0) is 6.61 Å². The molecule has 164 valence electrons. The van der Waals surface area contributed by atoms with Gasteiger partial charge in [0.1, 0.15) is 6.61 Å². The molecule has 0 fully saturated rings. The van der Waals surface area contributed by atoms with Crippen molar-refractivity contribution < 1.29 is 14.4 Å². The van der Waals surface area contributed by atoms with Gasteiger partial charge in [-0.3, -0.25) is 15.5 Å². The number of anilines is 1. The molecule has 0 radical (unpaired) electrons. The van der Waals surface area contributed by atoms with E-state index < -0.39 is 4.92 Å². The molecule has 0 unspecified atom stereocenters. The van der Waals surface area contributed by atoms with Crippen LogP contribution in [-0.4, -0.2) is 23.4 Å². The Bertz CT molecular complexity index is 1140. The highest BCUT2D eigenvalue weighted by atomic mass is 32.1. The Morgan fingerprint density at radius 3 is 2.56 bits per heavy atom. The highest BCUT2D eigenvalue weighted by Gasteiger charge is 2.22. The fourth-order valence-corrected chi connectivity index (χ4v) is 3.05. The molecule has 0 atom stereocenters. The molecular formula is C23H22N4O4S. The number of nitrogens with one attached hydrogen (secondary N) is 2. The number of aryl methyl sites for hydroxylation is 1. The van der Waals surface area contributed by atoms with E-state index in [1.165, 1.54) is 19.4 Å². The third-order valence-corrected chi connectivity index (χ3v) is 4.71. The van der Waals surface area contributed by atoms with Gasteiger partial charge in [-0.15, -0.1) is 0 Å². The van der Waals surface area contributed by atoms with Crippen LogP contribution in [0.25, 0.3) is 0 Å². The first-order chi connectivity index (χ1) is 15.5. The largest absolute Gasteiger partial charge is 0.493 e. The van der Waals surface area contributed by atoms with Gasteiger partial charge in [0.15, 0.2) is 10.9 Å². The van der Waals surface area contributed by atoms with E-state index in [4.69, 9.17) is 21.7 Å². The Kier molecular flexibility index (Phi) is 7.71. The van der Waals surface area contributed by atoms with Crippen molar-refractivity contribution in [1.82, 2.24) is 5.43 Å². The second-order valence-corrected chi connectivity index (χ2v) is 7.14. The zero-order valence-corrected chi connectivity index (χ0v) is 18.4. The molecule has 3 rings (SSSR count). The van der Waals surface area contributed by atoms with E-state index in [1.54, 1.807) is 6.07 Å². The minimum Gasteiger partial charge on any atom is -0.493 e. The van der Waals surface area contributed by atoms with E-state index in [1.807, 2.05) is 61.5 Å². The van der Waals surface area contributed by atoms with Crippen LogP contribution in [0.15, 0.2) is 71.8 Å². The number of thiocarbonyl (C=S) groups is 1. The molecule has 32 heavy (non-hydrogen) atoms. The van der Waals surface area contributed by atoms with Gasteiger partial charge in [0, 0.05) is 17.3 Å². The number of hydrogen-bond acceptors (Lipinski definition) is 6. The molecule has 9 heteroatoms. The lowest BCUT2D eigenvalue weighted by molar-refractivity contribution is -0.386. The predicted molar refractivity (Wildman–Crippen MR) is 129 cm³/mol. The van der Waals surface area contributed by atoms with E-state index in [-0.39, 0.29) is 28.9 Å². The number of para-hydroxylation sites is 1. The van der Waals surface area contributed by atoms with Crippen LogP contribution in [0.3, 0.4) is 0 Å². The molecule has 0 spiro atoms. The summed E-state index contributed by atoms with van der Waals surface area (Å²) in [5.74, 6) is 0.298. The lowest BCUT2D eigenvalue weighted by Crippen LogP contribution is -2.23. The molecule has 0 aromatic heterocycles. The maximum atomic E-state index is 11.7. The number of methoxy groups -OCH3 is 1. The fourth-order valence-electron chi connectivity index (χ4n) is 2.88. The minimum atomic E-state index is -0.512. The van der Waals surface area contributed by atoms with Gasteiger partial charge in [-0.25, -0.2) is 0 Å². The van der Waals surface area contributed by atoms with Crippen molar-refractivity contribution in [3.05, 3.63) is 93.5 Å². The summed E-state index contributed by atoms with van der Waals surface area (Å²) in [6.45, 7) is 2.13. The SMILES string of the molecule is COc1cc(/C=N/NC(=S)Nc2ccccc2)cc([N+](=O)[O-])c1OCc1ccccc1C. The lowest BCUT2D eigenvalue weighted by Gasteiger charge is -2.13. The summed E-state index contributed by atoms with van der Waals surface area (Å²) in [5.41, 5.74) is 5.69. The molecule has 0 aliphatic carbocycles. The Morgan fingerprint density at radius 2 is 1.88 bits per heavy atom. The fraction of sp³-hybridized carbons (Fsp3) is 0.130. The highest BCUT2D eigenvalue weighted by molar-refractivity contribution is 7.80. The van der Waals surface area contributed by atoms with Crippen LogP contribution in [0.2, 0.25) is 0 Å². The summed E-state index contributed by atoms with van der Waals surface area (Å²) in [6.07, 6.45) is 1.42. The highest BCUT2D eigenvalue weighted by Crippen LogP contribution is 2.38. The normalized spacial score (nSPS) is 10.6. The molecular weight excluding hydrogens is 428 g/mol. The van der Waals surface area contributed by atoms with Crippen LogP contribution in [0.4, 0.5) is 11.4 Å². The van der Waals surface area contributed by atoms with E-state index >= 15 is 0 Å². The molecule has 8 nitrogen and oxygen atoms in total. The Balaban J connectivity index is 1.75. The summed E-state index contributed by atoms with van der Waals surface area (Å²) in [4.78, 5) is 11.2. The van der Waals surface area contributed by atoms with Gasteiger partial charge in [-0.1, -0.05) is 42.5 Å². The molecule has 0 amide bonds. The number of nitro benzene ring substituents is 1. The number of hydrazone groups is 1. The molecule has 0 saturated heterocycles. The summed E-state index contributed by atoms with van der Waals surface area (Å²) >= 11 is 5.19. The topological polar surface area (TPSA) is 98.0 Å². The third-order valence-electron chi connectivity index (χ3n) is 4.52. The van der Waals surface area contributed by atoms with Gasteiger partial charge in [0.05, 0.1) is 18.2 Å². The first-order valence-electron chi connectivity index (χ1n) is 9.66. The van der Waals surface area contributed by atoms with Crippen molar-refractivity contribution in [3.8, 4) is 11.5 Å². The van der Waals surface area contributed by atoms with Gasteiger partial charge in [-0.05, 0) is 48.5 Å². The number of benzene rings is 3. The standard InChI is InChI=1S/C23H22N4O4S/c1-16-8-6-7-9-18(16)15-31-22-20(27(28)29)12-17(13-21(22)30-2)14-24-26-23(32)25-19-10-4-3-5-11-19/h3-14H,15H2,1-2H3,(H2,25,26,32)/b24-14+. The molecule has 2 N–H and O–H groups in total. The van der Waals surface area contributed by atoms with Crippen LogP contribution in [0.1, 0.15) is 16.7 Å². The van der Waals surface area contributed by atoms with Crippen molar-refractivity contribution >= 4 is 34.9 Å². The van der Waals surface area contributed by atoms with Crippen molar-refractivity contribution in [1.29, 1.82) is 0 Å². The number of nitrogens with zero attached hydrogens (tertiary/aromatic N) is 2. The summed E-state index contributed by atoms with van der Waals surface area (Å²) < 4.78 is 11.1. The summed E-state index contributed by atoms with van der Waals surface area (Å²) in [6, 6.07) is 20.0. The van der Waals surface area contributed by atoms with Crippen molar-refractivity contribution in [3.63, 3.8) is 0 Å². The second-order valence-electron chi connectivity index (χ2n) is 6.73. The number of ether oxygens (including phenoxy) is 2. The molecule has 0 aliphatic heterocycles. The molecule has 3 aromatic rings. The van der Waals surface area contributed by atoms with Gasteiger partial charge < -0.3 is 14.8 Å². The maximum absolute atomic E-state index is 11.7. The van der Waals surface area contributed by atoms with Crippen LogP contribution < -0.4 is 20.2 Å². The lowest BCUT2D eigenvalue weighted by atomic mass is 10.1. The van der Waals surface area contributed by atoms with Crippen LogP contribution in [0.5, 0.6) is 11.5 Å². The molecule has 0 saturated carbocycles. The van der Waals surface area contributed by atoms with Crippen molar-refractivity contribution in [2.24, 2.45) is 5.10 Å². The molecule has 0 heterocycles. The zero-order valence-electron chi connectivity index (χ0n) is 17.6. The predicted octanol–water partition coefficient (Wildman–Crippen LogP) is 4.81. The monoisotopic (exact) mass is 450 g/mol. The van der Waals surface area contributed by atoms with E-state index in [0.717, 1.165) is 16.8 Å². The third kappa shape index (κ3) is 6.02. The van der Waals surface area contributed by atoms with E-state index in [2.05, 4.69) is 15.8 Å². The van der Waals surface area contributed by atoms with Crippen LogP contribution in [0, 0.1) is 17.0 Å². The van der Waals surface area contributed by atoms with E-state index in [0.29, 0.717) is 5.56 Å².